The maximum absolute atomic E-state index is 11.1. The van der Waals surface area contributed by atoms with Gasteiger partial charge >= 0.3 is 5.97 Å². The van der Waals surface area contributed by atoms with Crippen molar-refractivity contribution in [2.24, 2.45) is 0 Å². The SMILES string of the molecule is Nc1ncccc1-c1nc2ccc(-c3ccccc3)nc2n1-c1ccc(C2CN(Cc3ccc(C(=O)O)cc3)C2)cc1. The molecule has 42 heavy (non-hydrogen) atoms. The highest BCUT2D eigenvalue weighted by Gasteiger charge is 2.28. The van der Waals surface area contributed by atoms with Crippen LogP contribution in [0.3, 0.4) is 0 Å². The third-order valence-electron chi connectivity index (χ3n) is 7.84. The van der Waals surface area contributed by atoms with Crippen LogP contribution in [0.5, 0.6) is 0 Å². The van der Waals surface area contributed by atoms with Crippen LogP contribution >= 0.6 is 0 Å². The number of hydrogen-bond acceptors (Lipinski definition) is 6. The molecule has 8 heteroatoms. The lowest BCUT2D eigenvalue weighted by atomic mass is 9.91. The average Bonchev–Trinajstić information content (AvgIpc) is 3.38. The van der Waals surface area contributed by atoms with Gasteiger partial charge in [0, 0.05) is 43.0 Å². The van der Waals surface area contributed by atoms with E-state index in [0.29, 0.717) is 23.1 Å². The van der Waals surface area contributed by atoms with Gasteiger partial charge in [-0.1, -0.05) is 54.6 Å². The number of anilines is 1. The van der Waals surface area contributed by atoms with Crippen LogP contribution in [0.4, 0.5) is 5.82 Å². The van der Waals surface area contributed by atoms with Crippen LogP contribution in [0.2, 0.25) is 0 Å². The Kier molecular flexibility index (Phi) is 6.45. The second-order valence-electron chi connectivity index (χ2n) is 10.6. The highest BCUT2D eigenvalue weighted by Crippen LogP contribution is 2.33. The topological polar surface area (TPSA) is 110 Å². The minimum Gasteiger partial charge on any atom is -0.478 e. The van der Waals surface area contributed by atoms with Crippen molar-refractivity contribution in [3.05, 3.63) is 126 Å². The summed E-state index contributed by atoms with van der Waals surface area (Å²) < 4.78 is 2.06. The van der Waals surface area contributed by atoms with Gasteiger partial charge in [-0.25, -0.2) is 19.7 Å². The largest absolute Gasteiger partial charge is 0.478 e. The fourth-order valence-electron chi connectivity index (χ4n) is 5.58. The van der Waals surface area contributed by atoms with Crippen molar-refractivity contribution < 1.29 is 9.90 Å². The zero-order valence-corrected chi connectivity index (χ0v) is 22.8. The molecular weight excluding hydrogens is 524 g/mol. The van der Waals surface area contributed by atoms with Crippen molar-refractivity contribution >= 4 is 23.0 Å². The molecule has 0 radical (unpaired) electrons. The summed E-state index contributed by atoms with van der Waals surface area (Å²) in [7, 11) is 0. The van der Waals surface area contributed by atoms with Gasteiger partial charge in [0.25, 0.3) is 0 Å². The number of carboxylic acid groups (broad SMARTS) is 1. The van der Waals surface area contributed by atoms with Gasteiger partial charge in [-0.2, -0.15) is 0 Å². The number of rotatable bonds is 7. The number of nitrogens with two attached hydrogens (primary N) is 1. The van der Waals surface area contributed by atoms with Gasteiger partial charge in [-0.15, -0.1) is 0 Å². The number of nitrogens with zero attached hydrogens (tertiary/aromatic N) is 5. The number of imidazole rings is 1. The lowest BCUT2D eigenvalue weighted by Crippen LogP contribution is -2.44. The van der Waals surface area contributed by atoms with Crippen LogP contribution in [0, 0.1) is 0 Å². The molecule has 0 atom stereocenters. The van der Waals surface area contributed by atoms with Crippen LogP contribution in [-0.4, -0.2) is 48.6 Å². The third-order valence-corrected chi connectivity index (χ3v) is 7.84. The zero-order valence-electron chi connectivity index (χ0n) is 22.8. The van der Waals surface area contributed by atoms with E-state index in [-0.39, 0.29) is 0 Å². The minimum atomic E-state index is -0.902. The van der Waals surface area contributed by atoms with Crippen molar-refractivity contribution in [3.63, 3.8) is 0 Å². The third kappa shape index (κ3) is 4.78. The summed E-state index contributed by atoms with van der Waals surface area (Å²) >= 11 is 0. The molecule has 0 spiro atoms. The molecule has 1 aliphatic rings. The fourth-order valence-corrected chi connectivity index (χ4v) is 5.58. The predicted molar refractivity (Wildman–Crippen MR) is 163 cm³/mol. The highest BCUT2D eigenvalue weighted by atomic mass is 16.4. The lowest BCUT2D eigenvalue weighted by molar-refractivity contribution is 0.0697. The Bertz CT molecular complexity index is 1890. The molecule has 0 saturated carbocycles. The molecule has 3 aromatic carbocycles. The van der Waals surface area contributed by atoms with E-state index in [9.17, 15) is 4.79 Å². The molecule has 6 aromatic rings. The van der Waals surface area contributed by atoms with E-state index in [1.807, 2.05) is 54.6 Å². The molecule has 0 unspecified atom stereocenters. The fraction of sp³-hybridized carbons (Fsp3) is 0.118. The van der Waals surface area contributed by atoms with Crippen molar-refractivity contribution in [3.8, 4) is 28.3 Å². The quantitative estimate of drug-likeness (QED) is 0.249. The van der Waals surface area contributed by atoms with Gasteiger partial charge in [0.15, 0.2) is 11.5 Å². The number of hydrogen-bond donors (Lipinski definition) is 2. The molecule has 7 rings (SSSR count). The van der Waals surface area contributed by atoms with Gasteiger partial charge in [0.1, 0.15) is 11.3 Å². The van der Waals surface area contributed by atoms with E-state index in [0.717, 1.165) is 58.9 Å². The van der Waals surface area contributed by atoms with Crippen molar-refractivity contribution in [1.82, 2.24) is 24.4 Å². The average molecular weight is 553 g/mol. The number of pyridine rings is 2. The summed E-state index contributed by atoms with van der Waals surface area (Å²) in [5.74, 6) is 0.653. The van der Waals surface area contributed by atoms with Gasteiger partial charge in [-0.3, -0.25) is 9.47 Å². The molecule has 0 bridgehead atoms. The first kappa shape index (κ1) is 25.6. The maximum Gasteiger partial charge on any atom is 0.335 e. The smallest absolute Gasteiger partial charge is 0.335 e. The maximum atomic E-state index is 11.1. The summed E-state index contributed by atoms with van der Waals surface area (Å²) in [6, 6.07) is 33.6. The normalized spacial score (nSPS) is 13.7. The van der Waals surface area contributed by atoms with E-state index >= 15 is 0 Å². The number of benzene rings is 3. The number of fused-ring (bicyclic) bond motifs is 1. The first-order valence-electron chi connectivity index (χ1n) is 13.8. The van der Waals surface area contributed by atoms with E-state index in [2.05, 4.69) is 50.8 Å². The number of nitrogen functional groups attached to an aromatic ring is 1. The lowest BCUT2D eigenvalue weighted by Gasteiger charge is -2.39. The van der Waals surface area contributed by atoms with Crippen LogP contribution in [0.15, 0.2) is 109 Å². The van der Waals surface area contributed by atoms with Gasteiger partial charge < -0.3 is 10.8 Å². The summed E-state index contributed by atoms with van der Waals surface area (Å²) in [6.45, 7) is 2.71. The Morgan fingerprint density at radius 2 is 1.62 bits per heavy atom. The van der Waals surface area contributed by atoms with Gasteiger partial charge in [0.2, 0.25) is 0 Å². The summed E-state index contributed by atoms with van der Waals surface area (Å²) in [5, 5.41) is 9.13. The van der Waals surface area contributed by atoms with Crippen molar-refractivity contribution in [2.45, 2.75) is 12.5 Å². The molecule has 206 valence electrons. The molecule has 1 aliphatic heterocycles. The number of aromatic nitrogens is 4. The predicted octanol–water partition coefficient (Wildman–Crippen LogP) is 6.03. The van der Waals surface area contributed by atoms with Crippen molar-refractivity contribution in [1.29, 1.82) is 0 Å². The number of aromatic carboxylic acids is 1. The first-order valence-corrected chi connectivity index (χ1v) is 13.8. The van der Waals surface area contributed by atoms with Crippen molar-refractivity contribution in [2.75, 3.05) is 18.8 Å². The molecule has 3 N–H and O–H groups in total. The Labute approximate surface area is 242 Å². The monoisotopic (exact) mass is 552 g/mol. The van der Waals surface area contributed by atoms with E-state index < -0.39 is 5.97 Å². The van der Waals surface area contributed by atoms with E-state index in [1.165, 1.54) is 5.56 Å². The molecule has 0 aliphatic carbocycles. The number of likely N-dealkylation sites (tertiary alicyclic amines) is 1. The standard InChI is InChI=1S/C34H28N6O2/c35-31-28(7-4-18-36-31)32-38-30-17-16-29(24-5-2-1-3-6-24)37-33(30)40(32)27-14-12-23(13-15-27)26-20-39(21-26)19-22-8-10-25(11-9-22)34(41)42/h1-18,26H,19-21H2,(H2,35,36)(H,41,42). The Morgan fingerprint density at radius 3 is 2.33 bits per heavy atom. The molecule has 0 amide bonds. The summed E-state index contributed by atoms with van der Waals surface area (Å²) in [5.41, 5.74) is 14.2. The molecule has 3 aromatic heterocycles. The van der Waals surface area contributed by atoms with Crippen LogP contribution < -0.4 is 5.73 Å². The highest BCUT2D eigenvalue weighted by molar-refractivity contribution is 5.87. The molecule has 4 heterocycles. The summed E-state index contributed by atoms with van der Waals surface area (Å²) in [6.07, 6.45) is 1.68. The first-order chi connectivity index (χ1) is 20.5. The van der Waals surface area contributed by atoms with E-state index in [4.69, 9.17) is 20.8 Å². The van der Waals surface area contributed by atoms with Gasteiger partial charge in [-0.05, 0) is 59.7 Å². The molecule has 1 fully saturated rings. The Morgan fingerprint density at radius 1 is 0.857 bits per heavy atom. The van der Waals surface area contributed by atoms with Crippen LogP contribution in [-0.2, 0) is 6.54 Å². The Balaban J connectivity index is 1.18. The molecule has 1 saturated heterocycles. The van der Waals surface area contributed by atoms with E-state index in [1.54, 1.807) is 18.3 Å². The van der Waals surface area contributed by atoms with Crippen LogP contribution in [0.25, 0.3) is 39.5 Å². The molecule has 8 nitrogen and oxygen atoms in total. The van der Waals surface area contributed by atoms with Crippen LogP contribution in [0.1, 0.15) is 27.4 Å². The number of carboxylic acids is 1. The minimum absolute atomic E-state index is 0.312. The molecular formula is C34H28N6O2. The second-order valence-corrected chi connectivity index (χ2v) is 10.6. The van der Waals surface area contributed by atoms with Gasteiger partial charge in [0.05, 0.1) is 16.8 Å². The second kappa shape index (κ2) is 10.6. The summed E-state index contributed by atoms with van der Waals surface area (Å²) in [4.78, 5) is 27.8. The Hall–Kier alpha value is -5.34. The zero-order chi connectivity index (χ0) is 28.6. The number of carbonyl (C=O) groups is 1.